The molecule has 10 heteroatoms. The van der Waals surface area contributed by atoms with E-state index in [2.05, 4.69) is 14.7 Å². The summed E-state index contributed by atoms with van der Waals surface area (Å²) in [5.41, 5.74) is 5.83. The zero-order chi connectivity index (χ0) is 15.6. The molecule has 3 N–H and O–H groups in total. The van der Waals surface area contributed by atoms with E-state index in [9.17, 15) is 18.5 Å². The molecule has 0 radical (unpaired) electrons. The zero-order valence-electron chi connectivity index (χ0n) is 10.8. The van der Waals surface area contributed by atoms with Crippen molar-refractivity contribution in [3.63, 3.8) is 0 Å². The molecular formula is C11H11N5O4S. The molecular weight excluding hydrogens is 298 g/mol. The molecule has 0 atom stereocenters. The molecule has 2 aromatic rings. The van der Waals surface area contributed by atoms with Gasteiger partial charge in [0, 0.05) is 12.1 Å². The number of nitrogens with one attached hydrogen (secondary N) is 1. The summed E-state index contributed by atoms with van der Waals surface area (Å²) >= 11 is 0. The van der Waals surface area contributed by atoms with Crippen LogP contribution in [0.15, 0.2) is 35.5 Å². The van der Waals surface area contributed by atoms with E-state index in [1.54, 1.807) is 6.92 Å². The van der Waals surface area contributed by atoms with Crippen LogP contribution < -0.4 is 10.5 Å². The van der Waals surface area contributed by atoms with Crippen LogP contribution in [0.1, 0.15) is 5.56 Å². The summed E-state index contributed by atoms with van der Waals surface area (Å²) in [5.74, 6) is -0.0412. The second-order valence-corrected chi connectivity index (χ2v) is 5.82. The lowest BCUT2D eigenvalue weighted by Crippen LogP contribution is -2.14. The Bertz CT molecular complexity index is 789. The normalized spacial score (nSPS) is 11.1. The van der Waals surface area contributed by atoms with E-state index >= 15 is 0 Å². The zero-order valence-corrected chi connectivity index (χ0v) is 11.7. The molecule has 0 amide bonds. The van der Waals surface area contributed by atoms with Crippen LogP contribution in [0.2, 0.25) is 0 Å². The van der Waals surface area contributed by atoms with Gasteiger partial charge < -0.3 is 5.73 Å². The van der Waals surface area contributed by atoms with Crippen molar-refractivity contribution < 1.29 is 13.3 Å². The van der Waals surface area contributed by atoms with Crippen LogP contribution in [0.4, 0.5) is 17.3 Å². The van der Waals surface area contributed by atoms with Crippen LogP contribution >= 0.6 is 0 Å². The first-order valence-corrected chi connectivity index (χ1v) is 7.13. The number of nitrogen functional groups attached to an aromatic ring is 1. The summed E-state index contributed by atoms with van der Waals surface area (Å²) in [6, 6.07) is 3.81. The predicted octanol–water partition coefficient (Wildman–Crippen LogP) is 1.08. The number of aryl methyl sites for hydroxylation is 1. The van der Waals surface area contributed by atoms with Gasteiger partial charge in [-0.3, -0.25) is 14.8 Å². The molecule has 110 valence electrons. The van der Waals surface area contributed by atoms with Crippen LogP contribution in [0, 0.1) is 17.0 Å². The van der Waals surface area contributed by atoms with Gasteiger partial charge in [-0.05, 0) is 18.6 Å². The van der Waals surface area contributed by atoms with Crippen molar-refractivity contribution in [2.75, 3.05) is 10.5 Å². The van der Waals surface area contributed by atoms with E-state index in [-0.39, 0.29) is 22.2 Å². The Morgan fingerprint density at radius 2 is 1.90 bits per heavy atom. The molecule has 21 heavy (non-hydrogen) atoms. The van der Waals surface area contributed by atoms with Crippen LogP contribution in [0.5, 0.6) is 0 Å². The Hall–Kier alpha value is -2.75. The predicted molar refractivity (Wildman–Crippen MR) is 75.1 cm³/mol. The molecule has 0 unspecified atom stereocenters. The van der Waals surface area contributed by atoms with Gasteiger partial charge in [0.05, 0.1) is 23.0 Å². The third-order valence-electron chi connectivity index (χ3n) is 2.62. The van der Waals surface area contributed by atoms with Crippen LogP contribution in [0.3, 0.4) is 0 Å². The number of aromatic nitrogens is 2. The summed E-state index contributed by atoms with van der Waals surface area (Å²) in [7, 11) is -3.89. The molecule has 9 nitrogen and oxygen atoms in total. The van der Waals surface area contributed by atoms with Gasteiger partial charge in [-0.2, -0.15) is 0 Å². The van der Waals surface area contributed by atoms with Crippen LogP contribution in [-0.4, -0.2) is 23.3 Å². The number of hydrogen-bond donors (Lipinski definition) is 2. The Labute approximate surface area is 120 Å². The van der Waals surface area contributed by atoms with Gasteiger partial charge in [0.25, 0.3) is 15.7 Å². The summed E-state index contributed by atoms with van der Waals surface area (Å²) < 4.78 is 26.6. The number of nitrogens with two attached hydrogens (primary N) is 1. The molecule has 0 saturated heterocycles. The lowest BCUT2D eigenvalue weighted by atomic mass is 10.2. The van der Waals surface area contributed by atoms with Gasteiger partial charge in [0.15, 0.2) is 0 Å². The van der Waals surface area contributed by atoms with Crippen LogP contribution in [0.25, 0.3) is 0 Å². The van der Waals surface area contributed by atoms with E-state index in [1.807, 2.05) is 0 Å². The van der Waals surface area contributed by atoms with Crippen LogP contribution in [-0.2, 0) is 10.0 Å². The standard InChI is InChI=1S/C11H11N5O4S/c1-7-4-8(16(17)18)2-3-10(7)15-21(19,20)9-5-13-11(12)14-6-9/h2-6,15H,1H3,(H2,12,13,14). The van der Waals surface area contributed by atoms with E-state index < -0.39 is 14.9 Å². The Balaban J connectivity index is 2.32. The highest BCUT2D eigenvalue weighted by Crippen LogP contribution is 2.23. The molecule has 0 aliphatic heterocycles. The number of benzene rings is 1. The van der Waals surface area contributed by atoms with Crippen molar-refractivity contribution in [2.45, 2.75) is 11.8 Å². The van der Waals surface area contributed by atoms with E-state index in [0.717, 1.165) is 12.4 Å². The fraction of sp³-hybridized carbons (Fsp3) is 0.0909. The first kappa shape index (κ1) is 14.7. The lowest BCUT2D eigenvalue weighted by molar-refractivity contribution is -0.384. The molecule has 2 rings (SSSR count). The number of hydrogen-bond acceptors (Lipinski definition) is 7. The average Bonchev–Trinajstić information content (AvgIpc) is 2.41. The second-order valence-electron chi connectivity index (χ2n) is 4.14. The Morgan fingerprint density at radius 1 is 1.29 bits per heavy atom. The van der Waals surface area contributed by atoms with E-state index in [4.69, 9.17) is 5.73 Å². The molecule has 0 aliphatic carbocycles. The number of rotatable bonds is 4. The fourth-order valence-corrected chi connectivity index (χ4v) is 2.56. The number of anilines is 2. The van der Waals surface area contributed by atoms with Gasteiger partial charge in [-0.1, -0.05) is 0 Å². The number of nitro benzene ring substituents is 1. The maximum atomic E-state index is 12.1. The molecule has 0 bridgehead atoms. The van der Waals surface area contributed by atoms with Crippen molar-refractivity contribution >= 4 is 27.3 Å². The number of sulfonamides is 1. The Morgan fingerprint density at radius 3 is 2.43 bits per heavy atom. The minimum absolute atomic E-state index is 0.0412. The minimum atomic E-state index is -3.89. The largest absolute Gasteiger partial charge is 0.368 e. The maximum Gasteiger partial charge on any atom is 0.269 e. The third-order valence-corrected chi connectivity index (χ3v) is 3.94. The van der Waals surface area contributed by atoms with Crippen molar-refractivity contribution in [3.05, 3.63) is 46.3 Å². The highest BCUT2D eigenvalue weighted by Gasteiger charge is 2.17. The molecule has 0 fully saturated rings. The van der Waals surface area contributed by atoms with E-state index in [0.29, 0.717) is 5.56 Å². The molecule has 0 spiro atoms. The highest BCUT2D eigenvalue weighted by molar-refractivity contribution is 7.92. The van der Waals surface area contributed by atoms with Gasteiger partial charge in [0.1, 0.15) is 4.90 Å². The number of non-ortho nitro benzene ring substituents is 1. The molecule has 1 aromatic heterocycles. The summed E-state index contributed by atoms with van der Waals surface area (Å²) in [5, 5.41) is 10.6. The summed E-state index contributed by atoms with van der Waals surface area (Å²) in [6.07, 6.45) is 2.15. The minimum Gasteiger partial charge on any atom is -0.368 e. The molecule has 1 heterocycles. The second kappa shape index (κ2) is 5.32. The maximum absolute atomic E-state index is 12.1. The van der Waals surface area contributed by atoms with Crippen molar-refractivity contribution in [1.29, 1.82) is 0 Å². The van der Waals surface area contributed by atoms with Gasteiger partial charge in [-0.15, -0.1) is 0 Å². The molecule has 1 aromatic carbocycles. The fourth-order valence-electron chi connectivity index (χ4n) is 1.54. The van der Waals surface area contributed by atoms with Crippen molar-refractivity contribution in [3.8, 4) is 0 Å². The third kappa shape index (κ3) is 3.23. The quantitative estimate of drug-likeness (QED) is 0.635. The number of nitro groups is 1. The van der Waals surface area contributed by atoms with Gasteiger partial charge in [-0.25, -0.2) is 18.4 Å². The molecule has 0 saturated carbocycles. The lowest BCUT2D eigenvalue weighted by Gasteiger charge is -2.10. The first-order chi connectivity index (χ1) is 9.79. The average molecular weight is 309 g/mol. The van der Waals surface area contributed by atoms with E-state index in [1.165, 1.54) is 18.2 Å². The first-order valence-electron chi connectivity index (χ1n) is 5.65. The Kier molecular flexibility index (Phi) is 3.72. The highest BCUT2D eigenvalue weighted by atomic mass is 32.2. The van der Waals surface area contributed by atoms with Crippen molar-refractivity contribution in [2.24, 2.45) is 0 Å². The van der Waals surface area contributed by atoms with Crippen molar-refractivity contribution in [1.82, 2.24) is 9.97 Å². The number of nitrogens with zero attached hydrogens (tertiary/aromatic N) is 3. The smallest absolute Gasteiger partial charge is 0.269 e. The van der Waals surface area contributed by atoms with Gasteiger partial charge >= 0.3 is 0 Å². The SMILES string of the molecule is Cc1cc([N+](=O)[O-])ccc1NS(=O)(=O)c1cnc(N)nc1. The topological polar surface area (TPSA) is 141 Å². The molecule has 0 aliphatic rings. The summed E-state index contributed by atoms with van der Waals surface area (Å²) in [4.78, 5) is 17.1. The van der Waals surface area contributed by atoms with Gasteiger partial charge in [0.2, 0.25) is 5.95 Å². The summed E-state index contributed by atoms with van der Waals surface area (Å²) in [6.45, 7) is 1.56. The monoisotopic (exact) mass is 309 g/mol.